The molecular formula is C22H23FN2O4. The van der Waals surface area contributed by atoms with Crippen molar-refractivity contribution in [3.63, 3.8) is 0 Å². The van der Waals surface area contributed by atoms with E-state index in [4.69, 9.17) is 4.74 Å². The molecule has 0 saturated carbocycles. The van der Waals surface area contributed by atoms with Crippen molar-refractivity contribution in [2.45, 2.75) is 38.8 Å². The predicted octanol–water partition coefficient (Wildman–Crippen LogP) is 3.38. The Morgan fingerprint density at radius 3 is 2.31 bits per heavy atom. The summed E-state index contributed by atoms with van der Waals surface area (Å²) in [5.41, 5.74) is 1.78. The zero-order valence-corrected chi connectivity index (χ0v) is 16.4. The minimum atomic E-state index is -0.995. The third-order valence-electron chi connectivity index (χ3n) is 4.87. The van der Waals surface area contributed by atoms with E-state index in [2.05, 4.69) is 5.32 Å². The zero-order chi connectivity index (χ0) is 21.0. The van der Waals surface area contributed by atoms with Crippen LogP contribution in [0, 0.1) is 5.82 Å². The molecule has 1 aliphatic rings. The van der Waals surface area contributed by atoms with E-state index in [9.17, 15) is 18.8 Å². The van der Waals surface area contributed by atoms with Crippen LogP contribution in [-0.2, 0) is 14.3 Å². The minimum Gasteiger partial charge on any atom is -0.449 e. The van der Waals surface area contributed by atoms with Gasteiger partial charge in [-0.25, -0.2) is 9.18 Å². The summed E-state index contributed by atoms with van der Waals surface area (Å²) < 4.78 is 18.3. The molecule has 0 aliphatic carbocycles. The second-order valence-corrected chi connectivity index (χ2v) is 7.03. The SMILES string of the molecule is C[C@H](OC(=O)c1ccc(N2CCCC2=O)cc1)C(=O)N[C@@H](C)c1ccc(F)cc1. The summed E-state index contributed by atoms with van der Waals surface area (Å²) in [7, 11) is 0. The van der Waals surface area contributed by atoms with Crippen LogP contribution in [0.2, 0.25) is 0 Å². The van der Waals surface area contributed by atoms with Crippen molar-refractivity contribution >= 4 is 23.5 Å². The van der Waals surface area contributed by atoms with Crippen LogP contribution in [0.3, 0.4) is 0 Å². The average Bonchev–Trinajstić information content (AvgIpc) is 3.14. The highest BCUT2D eigenvalue weighted by atomic mass is 19.1. The molecule has 1 N–H and O–H groups in total. The first-order chi connectivity index (χ1) is 13.8. The monoisotopic (exact) mass is 398 g/mol. The van der Waals surface area contributed by atoms with Crippen LogP contribution in [-0.4, -0.2) is 30.4 Å². The van der Waals surface area contributed by atoms with Gasteiger partial charge in [0.25, 0.3) is 5.91 Å². The number of nitrogens with zero attached hydrogens (tertiary/aromatic N) is 1. The molecule has 0 spiro atoms. The molecule has 1 aliphatic heterocycles. The van der Waals surface area contributed by atoms with Gasteiger partial charge in [0.15, 0.2) is 6.10 Å². The molecule has 1 fully saturated rings. The molecule has 7 heteroatoms. The van der Waals surface area contributed by atoms with E-state index in [1.807, 2.05) is 0 Å². The van der Waals surface area contributed by atoms with Gasteiger partial charge in [0.2, 0.25) is 5.91 Å². The molecule has 2 amide bonds. The fraction of sp³-hybridized carbons (Fsp3) is 0.318. The number of halogens is 1. The summed E-state index contributed by atoms with van der Waals surface area (Å²) in [6, 6.07) is 12.0. The van der Waals surface area contributed by atoms with Crippen LogP contribution >= 0.6 is 0 Å². The molecule has 0 radical (unpaired) electrons. The molecule has 0 aromatic heterocycles. The molecule has 2 atom stereocenters. The molecule has 2 aromatic rings. The van der Waals surface area contributed by atoms with Gasteiger partial charge in [0.1, 0.15) is 5.82 Å². The second-order valence-electron chi connectivity index (χ2n) is 7.03. The van der Waals surface area contributed by atoms with E-state index >= 15 is 0 Å². The normalized spacial score (nSPS) is 15.7. The molecule has 29 heavy (non-hydrogen) atoms. The first kappa shape index (κ1) is 20.5. The Balaban J connectivity index is 1.55. The Labute approximate surface area is 168 Å². The predicted molar refractivity (Wildman–Crippen MR) is 106 cm³/mol. The van der Waals surface area contributed by atoms with E-state index < -0.39 is 18.0 Å². The minimum absolute atomic E-state index is 0.0703. The summed E-state index contributed by atoms with van der Waals surface area (Å²) in [4.78, 5) is 38.1. The van der Waals surface area contributed by atoms with Gasteiger partial charge in [-0.1, -0.05) is 12.1 Å². The number of amides is 2. The van der Waals surface area contributed by atoms with Gasteiger partial charge in [-0.2, -0.15) is 0 Å². The van der Waals surface area contributed by atoms with Crippen molar-refractivity contribution in [1.82, 2.24) is 5.32 Å². The Bertz CT molecular complexity index is 896. The summed E-state index contributed by atoms with van der Waals surface area (Å²) in [6.45, 7) is 3.92. The highest BCUT2D eigenvalue weighted by Gasteiger charge is 2.23. The van der Waals surface area contributed by atoms with Crippen molar-refractivity contribution in [3.8, 4) is 0 Å². The number of carbonyl (C=O) groups is 3. The van der Waals surface area contributed by atoms with Gasteiger partial charge in [-0.05, 0) is 62.2 Å². The van der Waals surface area contributed by atoms with E-state index in [0.717, 1.165) is 17.7 Å². The summed E-state index contributed by atoms with van der Waals surface area (Å²) in [5.74, 6) is -1.36. The number of rotatable bonds is 6. The van der Waals surface area contributed by atoms with Crippen molar-refractivity contribution in [2.75, 3.05) is 11.4 Å². The van der Waals surface area contributed by atoms with Crippen LogP contribution in [0.25, 0.3) is 0 Å². The van der Waals surface area contributed by atoms with E-state index in [1.54, 1.807) is 48.2 Å². The lowest BCUT2D eigenvalue weighted by Crippen LogP contribution is -2.37. The molecule has 152 valence electrons. The quantitative estimate of drug-likeness (QED) is 0.757. The number of hydrogen-bond acceptors (Lipinski definition) is 4. The van der Waals surface area contributed by atoms with E-state index in [-0.39, 0.29) is 17.8 Å². The maximum absolute atomic E-state index is 13.0. The lowest BCUT2D eigenvalue weighted by Gasteiger charge is -2.19. The highest BCUT2D eigenvalue weighted by Crippen LogP contribution is 2.22. The molecule has 0 bridgehead atoms. The summed E-state index contributed by atoms with van der Waals surface area (Å²) in [5, 5.41) is 2.74. The molecule has 1 heterocycles. The summed E-state index contributed by atoms with van der Waals surface area (Å²) >= 11 is 0. The number of esters is 1. The number of carbonyl (C=O) groups excluding carboxylic acids is 3. The summed E-state index contributed by atoms with van der Waals surface area (Å²) in [6.07, 6.45) is 0.364. The number of nitrogens with one attached hydrogen (secondary N) is 1. The number of anilines is 1. The Hall–Kier alpha value is -3.22. The Kier molecular flexibility index (Phi) is 6.26. The van der Waals surface area contributed by atoms with Crippen LogP contribution in [0.1, 0.15) is 48.7 Å². The molecular weight excluding hydrogens is 375 g/mol. The fourth-order valence-electron chi connectivity index (χ4n) is 3.15. The molecule has 0 unspecified atom stereocenters. The average molecular weight is 398 g/mol. The lowest BCUT2D eigenvalue weighted by molar-refractivity contribution is -0.129. The smallest absolute Gasteiger partial charge is 0.338 e. The number of ether oxygens (including phenoxy) is 1. The Morgan fingerprint density at radius 1 is 1.07 bits per heavy atom. The molecule has 6 nitrogen and oxygen atoms in total. The maximum atomic E-state index is 13.0. The van der Waals surface area contributed by atoms with Gasteiger partial charge in [0, 0.05) is 18.7 Å². The Morgan fingerprint density at radius 2 is 1.72 bits per heavy atom. The number of benzene rings is 2. The van der Waals surface area contributed by atoms with E-state index in [0.29, 0.717) is 18.5 Å². The van der Waals surface area contributed by atoms with Gasteiger partial charge in [0.05, 0.1) is 11.6 Å². The largest absolute Gasteiger partial charge is 0.449 e. The third-order valence-corrected chi connectivity index (χ3v) is 4.87. The van der Waals surface area contributed by atoms with Gasteiger partial charge < -0.3 is 15.0 Å². The van der Waals surface area contributed by atoms with Gasteiger partial charge in [-0.15, -0.1) is 0 Å². The maximum Gasteiger partial charge on any atom is 0.338 e. The van der Waals surface area contributed by atoms with Crippen molar-refractivity contribution in [1.29, 1.82) is 0 Å². The topological polar surface area (TPSA) is 75.7 Å². The zero-order valence-electron chi connectivity index (χ0n) is 16.4. The fourth-order valence-corrected chi connectivity index (χ4v) is 3.15. The highest BCUT2D eigenvalue weighted by molar-refractivity contribution is 5.96. The first-order valence-electron chi connectivity index (χ1n) is 9.52. The van der Waals surface area contributed by atoms with Crippen LogP contribution < -0.4 is 10.2 Å². The molecule has 2 aromatic carbocycles. The van der Waals surface area contributed by atoms with Crippen molar-refractivity contribution < 1.29 is 23.5 Å². The van der Waals surface area contributed by atoms with Crippen LogP contribution in [0.15, 0.2) is 48.5 Å². The van der Waals surface area contributed by atoms with Gasteiger partial charge in [-0.3, -0.25) is 9.59 Å². The van der Waals surface area contributed by atoms with Crippen molar-refractivity contribution in [3.05, 3.63) is 65.5 Å². The molecule has 3 rings (SSSR count). The van der Waals surface area contributed by atoms with Crippen LogP contribution in [0.4, 0.5) is 10.1 Å². The third kappa shape index (κ3) is 4.99. The lowest BCUT2D eigenvalue weighted by atomic mass is 10.1. The van der Waals surface area contributed by atoms with Crippen LogP contribution in [0.5, 0.6) is 0 Å². The molecule has 1 saturated heterocycles. The van der Waals surface area contributed by atoms with Gasteiger partial charge >= 0.3 is 5.97 Å². The van der Waals surface area contributed by atoms with Crippen molar-refractivity contribution in [2.24, 2.45) is 0 Å². The first-order valence-corrected chi connectivity index (χ1v) is 9.52. The van der Waals surface area contributed by atoms with E-state index in [1.165, 1.54) is 19.1 Å². The number of hydrogen-bond donors (Lipinski definition) is 1. The second kappa shape index (κ2) is 8.86. The standard InChI is InChI=1S/C22H23FN2O4/c1-14(16-5-9-18(23)10-6-16)24-21(27)15(2)29-22(28)17-7-11-19(12-8-17)25-13-3-4-20(25)26/h5-12,14-15H,3-4,13H2,1-2H3,(H,24,27)/t14-,15-/m0/s1.